The third kappa shape index (κ3) is 3.77. The van der Waals surface area contributed by atoms with Gasteiger partial charge in [-0.05, 0) is 59.2 Å². The molecular formula is C29H30BFN-. The number of benzene rings is 3. The maximum Gasteiger partial charge on any atom is 0.235 e. The molecule has 0 saturated heterocycles. The van der Waals surface area contributed by atoms with Crippen LogP contribution in [0, 0.1) is 41.5 Å². The third-order valence-electron chi connectivity index (χ3n) is 6.60. The summed E-state index contributed by atoms with van der Waals surface area (Å²) in [6, 6.07) is 22.1. The average molecular weight is 422 g/mol. The van der Waals surface area contributed by atoms with E-state index in [1.54, 1.807) is 6.20 Å². The van der Waals surface area contributed by atoms with Crippen molar-refractivity contribution in [2.75, 3.05) is 0 Å². The van der Waals surface area contributed by atoms with Gasteiger partial charge in [-0.25, -0.2) is 0 Å². The van der Waals surface area contributed by atoms with Crippen LogP contribution in [-0.4, -0.2) is 11.4 Å². The molecule has 0 aliphatic rings. The summed E-state index contributed by atoms with van der Waals surface area (Å²) in [5.41, 5.74) is 10.5. The van der Waals surface area contributed by atoms with Crippen LogP contribution in [0.15, 0.2) is 72.9 Å². The normalized spacial score (nSPS) is 11.6. The number of halogens is 1. The molecule has 0 amide bonds. The summed E-state index contributed by atoms with van der Waals surface area (Å²) in [5.74, 6) is 0. The minimum atomic E-state index is -2.65. The highest BCUT2D eigenvalue weighted by Gasteiger charge is 2.35. The highest BCUT2D eigenvalue weighted by molar-refractivity contribution is 7.07. The molecule has 32 heavy (non-hydrogen) atoms. The highest BCUT2D eigenvalue weighted by atomic mass is 19.1. The molecule has 1 heterocycles. The molecule has 1 nitrogen and oxygen atoms in total. The Morgan fingerprint density at radius 1 is 0.625 bits per heavy atom. The van der Waals surface area contributed by atoms with Gasteiger partial charge < -0.3 is 4.32 Å². The number of pyridine rings is 1. The van der Waals surface area contributed by atoms with Crippen LogP contribution in [0.4, 0.5) is 4.32 Å². The highest BCUT2D eigenvalue weighted by Crippen LogP contribution is 2.22. The topological polar surface area (TPSA) is 12.9 Å². The first-order chi connectivity index (χ1) is 15.2. The number of hydrogen-bond acceptors (Lipinski definition) is 1. The van der Waals surface area contributed by atoms with Gasteiger partial charge in [0.05, 0.1) is 5.69 Å². The molecule has 0 atom stereocenters. The van der Waals surface area contributed by atoms with Crippen molar-refractivity contribution in [3.63, 3.8) is 0 Å². The minimum absolute atomic E-state index is 0.704. The molecule has 0 spiro atoms. The van der Waals surface area contributed by atoms with Gasteiger partial charge in [-0.1, -0.05) is 88.0 Å². The first-order valence-electron chi connectivity index (χ1n) is 11.2. The zero-order valence-electron chi connectivity index (χ0n) is 19.8. The van der Waals surface area contributed by atoms with Crippen LogP contribution in [-0.2, 0) is 0 Å². The fraction of sp³-hybridized carbons (Fsp3) is 0.207. The molecule has 0 unspecified atom stereocenters. The van der Waals surface area contributed by atoms with Crippen LogP contribution >= 0.6 is 0 Å². The van der Waals surface area contributed by atoms with Gasteiger partial charge in [-0.3, -0.25) is 4.98 Å². The second-order valence-electron chi connectivity index (χ2n) is 9.22. The second-order valence-corrected chi connectivity index (χ2v) is 9.22. The Balaban J connectivity index is 2.00. The third-order valence-corrected chi connectivity index (χ3v) is 6.60. The van der Waals surface area contributed by atoms with Crippen molar-refractivity contribution >= 4 is 22.8 Å². The number of rotatable bonds is 4. The Hall–Kier alpha value is -3.20. The molecule has 4 rings (SSSR count). The van der Waals surface area contributed by atoms with Crippen LogP contribution in [0.3, 0.4) is 0 Å². The molecule has 162 valence electrons. The zero-order valence-corrected chi connectivity index (χ0v) is 19.8. The fourth-order valence-electron chi connectivity index (χ4n) is 5.57. The van der Waals surface area contributed by atoms with Crippen molar-refractivity contribution in [2.45, 2.75) is 41.5 Å². The Labute approximate surface area is 191 Å². The van der Waals surface area contributed by atoms with Crippen molar-refractivity contribution in [3.8, 4) is 11.3 Å². The predicted molar refractivity (Wildman–Crippen MR) is 137 cm³/mol. The lowest BCUT2D eigenvalue weighted by molar-refractivity contribution is 0.839. The molecule has 0 aliphatic carbocycles. The van der Waals surface area contributed by atoms with E-state index in [9.17, 15) is 0 Å². The van der Waals surface area contributed by atoms with Crippen molar-refractivity contribution < 1.29 is 4.32 Å². The van der Waals surface area contributed by atoms with Crippen molar-refractivity contribution in [1.29, 1.82) is 0 Å². The van der Waals surface area contributed by atoms with Gasteiger partial charge >= 0.3 is 0 Å². The Bertz CT molecular complexity index is 1170. The molecule has 1 aromatic heterocycles. The second kappa shape index (κ2) is 8.39. The maximum atomic E-state index is 17.9. The van der Waals surface area contributed by atoms with E-state index in [0.717, 1.165) is 55.6 Å². The fourth-order valence-corrected chi connectivity index (χ4v) is 5.57. The summed E-state index contributed by atoms with van der Waals surface area (Å²) in [5, 5.41) is 0. The summed E-state index contributed by atoms with van der Waals surface area (Å²) in [7, 11) is 0. The molecule has 4 aromatic rings. The van der Waals surface area contributed by atoms with Gasteiger partial charge in [0.1, 0.15) is 0 Å². The van der Waals surface area contributed by atoms with Crippen LogP contribution < -0.4 is 16.4 Å². The van der Waals surface area contributed by atoms with Crippen LogP contribution in [0.25, 0.3) is 11.3 Å². The number of aromatic nitrogens is 1. The van der Waals surface area contributed by atoms with E-state index in [2.05, 4.69) is 43.1 Å². The molecule has 0 aliphatic heterocycles. The van der Waals surface area contributed by atoms with E-state index in [1.165, 1.54) is 0 Å². The van der Waals surface area contributed by atoms with Gasteiger partial charge in [0.25, 0.3) is 0 Å². The van der Waals surface area contributed by atoms with E-state index in [4.69, 9.17) is 0 Å². The van der Waals surface area contributed by atoms with Crippen molar-refractivity contribution in [1.82, 2.24) is 4.98 Å². The summed E-state index contributed by atoms with van der Waals surface area (Å²) in [4.78, 5) is 4.44. The Morgan fingerprint density at radius 2 is 1.09 bits per heavy atom. The first kappa shape index (κ1) is 22.0. The molecule has 0 saturated carbocycles. The predicted octanol–water partition coefficient (Wildman–Crippen LogP) is 5.54. The number of aryl methyl sites for hydroxylation is 6. The number of hydrogen-bond donors (Lipinski definition) is 0. The van der Waals surface area contributed by atoms with E-state index in [-0.39, 0.29) is 0 Å². The number of nitrogens with zero attached hydrogens (tertiary/aromatic N) is 1. The molecule has 0 bridgehead atoms. The Morgan fingerprint density at radius 3 is 1.50 bits per heavy atom. The average Bonchev–Trinajstić information content (AvgIpc) is 2.73. The SMILES string of the molecule is Cc1cc(C)c([B-](F)(c2ccc(-c3ccccn3)cc2)c2c(C)cc(C)cc2C)c(C)c1. The lowest BCUT2D eigenvalue weighted by Gasteiger charge is -2.41. The summed E-state index contributed by atoms with van der Waals surface area (Å²) < 4.78 is 17.9. The van der Waals surface area contributed by atoms with Gasteiger partial charge in [0.15, 0.2) is 0 Å². The van der Waals surface area contributed by atoms with E-state index in [1.807, 2.05) is 70.2 Å². The lowest BCUT2D eigenvalue weighted by Crippen LogP contribution is -2.66. The standard InChI is InChI=1S/C29H30BFN/c1-19-15-21(3)28(22(4)16-19)30(31,29-23(5)17-20(2)18-24(29)6)26-12-10-25(11-13-26)27-9-7-8-14-32-27/h7-18H,1-6H3/q-1. The van der Waals surface area contributed by atoms with Crippen molar-refractivity contribution in [2.24, 2.45) is 0 Å². The molecular weight excluding hydrogens is 392 g/mol. The first-order valence-corrected chi connectivity index (χ1v) is 11.2. The smallest absolute Gasteiger partial charge is 0.235 e. The van der Waals surface area contributed by atoms with E-state index in [0.29, 0.717) is 5.46 Å². The monoisotopic (exact) mass is 422 g/mol. The van der Waals surface area contributed by atoms with E-state index < -0.39 is 6.42 Å². The summed E-state index contributed by atoms with van der Waals surface area (Å²) >= 11 is 0. The Kier molecular flexibility index (Phi) is 5.77. The van der Waals surface area contributed by atoms with E-state index >= 15 is 4.32 Å². The maximum absolute atomic E-state index is 17.9. The quantitative estimate of drug-likeness (QED) is 0.394. The van der Waals surface area contributed by atoms with Gasteiger partial charge in [0, 0.05) is 6.20 Å². The molecule has 3 aromatic carbocycles. The zero-order chi connectivity index (χ0) is 23.0. The van der Waals surface area contributed by atoms with Crippen LogP contribution in [0.1, 0.15) is 33.4 Å². The summed E-state index contributed by atoms with van der Waals surface area (Å²) in [6.07, 6.45) is -0.870. The van der Waals surface area contributed by atoms with Crippen LogP contribution in [0.5, 0.6) is 0 Å². The molecule has 0 radical (unpaired) electrons. The molecule has 3 heteroatoms. The van der Waals surface area contributed by atoms with Gasteiger partial charge in [-0.2, -0.15) is 16.4 Å². The van der Waals surface area contributed by atoms with Crippen molar-refractivity contribution in [3.05, 3.63) is 106 Å². The largest absolute Gasteiger partial charge is 0.498 e. The summed E-state index contributed by atoms with van der Waals surface area (Å²) in [6.45, 7) is 12.3. The van der Waals surface area contributed by atoms with Crippen LogP contribution in [0.2, 0.25) is 0 Å². The molecule has 0 fully saturated rings. The minimum Gasteiger partial charge on any atom is -0.498 e. The van der Waals surface area contributed by atoms with Gasteiger partial charge in [-0.15, -0.1) is 0 Å². The van der Waals surface area contributed by atoms with Gasteiger partial charge in [0.2, 0.25) is 6.42 Å². The lowest BCUT2D eigenvalue weighted by atomic mass is 9.29. The molecule has 0 N–H and O–H groups in total.